The van der Waals surface area contributed by atoms with Gasteiger partial charge in [0.25, 0.3) is 0 Å². The van der Waals surface area contributed by atoms with Crippen molar-refractivity contribution in [1.29, 1.82) is 0 Å². The van der Waals surface area contributed by atoms with Gasteiger partial charge in [-0.1, -0.05) is 13.3 Å². The third-order valence-corrected chi connectivity index (χ3v) is 3.32. The zero-order valence-corrected chi connectivity index (χ0v) is 8.83. The molecule has 1 aliphatic rings. The summed E-state index contributed by atoms with van der Waals surface area (Å²) in [6.45, 7) is 3.04. The van der Waals surface area contributed by atoms with Gasteiger partial charge in [-0.3, -0.25) is 0 Å². The first-order chi connectivity index (χ1) is 6.27. The summed E-state index contributed by atoms with van der Waals surface area (Å²) in [5.74, 6) is 1.32. The maximum atomic E-state index is 9.75. The van der Waals surface area contributed by atoms with E-state index >= 15 is 0 Å². The first kappa shape index (κ1) is 11.0. The molecule has 2 nitrogen and oxygen atoms in total. The van der Waals surface area contributed by atoms with Crippen molar-refractivity contribution < 1.29 is 9.84 Å². The Kier molecular flexibility index (Phi) is 4.74. The van der Waals surface area contributed by atoms with Crippen LogP contribution in [0.1, 0.15) is 39.0 Å². The summed E-state index contributed by atoms with van der Waals surface area (Å²) in [4.78, 5) is 0. The van der Waals surface area contributed by atoms with E-state index in [1.807, 2.05) is 0 Å². The van der Waals surface area contributed by atoms with Gasteiger partial charge in [-0.25, -0.2) is 0 Å². The molecule has 0 amide bonds. The van der Waals surface area contributed by atoms with Crippen LogP contribution in [0.25, 0.3) is 0 Å². The van der Waals surface area contributed by atoms with Gasteiger partial charge in [0.15, 0.2) is 0 Å². The zero-order valence-electron chi connectivity index (χ0n) is 8.83. The highest BCUT2D eigenvalue weighted by atomic mass is 16.5. The van der Waals surface area contributed by atoms with Crippen molar-refractivity contribution in [3.63, 3.8) is 0 Å². The molecule has 0 heterocycles. The number of hydrogen-bond acceptors (Lipinski definition) is 2. The molecule has 0 aromatic heterocycles. The summed E-state index contributed by atoms with van der Waals surface area (Å²) in [5.41, 5.74) is 0. The number of methoxy groups -OCH3 is 1. The van der Waals surface area contributed by atoms with Crippen LogP contribution in [-0.2, 0) is 4.74 Å². The minimum Gasteiger partial charge on any atom is -0.393 e. The van der Waals surface area contributed by atoms with Gasteiger partial charge in [0.2, 0.25) is 0 Å². The lowest BCUT2D eigenvalue weighted by Crippen LogP contribution is -2.29. The highest BCUT2D eigenvalue weighted by molar-refractivity contribution is 4.79. The first-order valence-corrected chi connectivity index (χ1v) is 5.45. The maximum absolute atomic E-state index is 9.75. The fourth-order valence-electron chi connectivity index (χ4n) is 2.30. The summed E-state index contributed by atoms with van der Waals surface area (Å²) in [5, 5.41) is 9.75. The van der Waals surface area contributed by atoms with Gasteiger partial charge in [-0.05, 0) is 37.5 Å². The van der Waals surface area contributed by atoms with Crippen LogP contribution in [0.3, 0.4) is 0 Å². The van der Waals surface area contributed by atoms with Crippen molar-refractivity contribution in [2.24, 2.45) is 11.8 Å². The smallest absolute Gasteiger partial charge is 0.0569 e. The number of hydrogen-bond donors (Lipinski definition) is 1. The fourth-order valence-corrected chi connectivity index (χ4v) is 2.30. The van der Waals surface area contributed by atoms with Crippen LogP contribution in [0.2, 0.25) is 0 Å². The van der Waals surface area contributed by atoms with Crippen molar-refractivity contribution in [1.82, 2.24) is 0 Å². The van der Waals surface area contributed by atoms with Crippen molar-refractivity contribution >= 4 is 0 Å². The van der Waals surface area contributed by atoms with E-state index in [-0.39, 0.29) is 6.10 Å². The second kappa shape index (κ2) is 5.61. The lowest BCUT2D eigenvalue weighted by molar-refractivity contribution is 0.0293. The van der Waals surface area contributed by atoms with E-state index in [0.717, 1.165) is 25.4 Å². The van der Waals surface area contributed by atoms with Gasteiger partial charge in [-0.2, -0.15) is 0 Å². The highest BCUT2D eigenvalue weighted by Gasteiger charge is 2.27. The Morgan fingerprint density at radius 2 is 2.15 bits per heavy atom. The maximum Gasteiger partial charge on any atom is 0.0569 e. The molecule has 3 unspecified atom stereocenters. The van der Waals surface area contributed by atoms with E-state index in [1.54, 1.807) is 7.11 Å². The molecule has 0 spiro atoms. The van der Waals surface area contributed by atoms with E-state index in [1.165, 1.54) is 19.3 Å². The number of aliphatic hydroxyl groups is 1. The van der Waals surface area contributed by atoms with Gasteiger partial charge >= 0.3 is 0 Å². The van der Waals surface area contributed by atoms with Crippen LogP contribution in [0.15, 0.2) is 0 Å². The van der Waals surface area contributed by atoms with Crippen molar-refractivity contribution in [3.8, 4) is 0 Å². The predicted molar refractivity (Wildman–Crippen MR) is 53.6 cm³/mol. The Morgan fingerprint density at radius 1 is 1.38 bits per heavy atom. The van der Waals surface area contributed by atoms with E-state index < -0.39 is 0 Å². The van der Waals surface area contributed by atoms with Gasteiger partial charge in [0.1, 0.15) is 0 Å². The fraction of sp³-hybridized carbons (Fsp3) is 1.00. The van der Waals surface area contributed by atoms with E-state index in [9.17, 15) is 5.11 Å². The van der Waals surface area contributed by atoms with Crippen molar-refractivity contribution in [2.45, 2.75) is 45.1 Å². The largest absolute Gasteiger partial charge is 0.393 e. The molecule has 2 heteroatoms. The summed E-state index contributed by atoms with van der Waals surface area (Å²) < 4.78 is 5.05. The Labute approximate surface area is 81.3 Å². The number of ether oxygens (including phenoxy) is 1. The standard InChI is InChI=1S/C11H22O2/c1-3-9-4-5-11(12)10(8-9)6-7-13-2/h9-12H,3-8H2,1-2H3. The zero-order chi connectivity index (χ0) is 9.68. The molecule has 0 bridgehead atoms. The van der Waals surface area contributed by atoms with E-state index in [2.05, 4.69) is 6.92 Å². The van der Waals surface area contributed by atoms with Crippen molar-refractivity contribution in [2.75, 3.05) is 13.7 Å². The molecular weight excluding hydrogens is 164 g/mol. The molecule has 1 N–H and O–H groups in total. The number of rotatable bonds is 4. The topological polar surface area (TPSA) is 29.5 Å². The molecule has 1 rings (SSSR count). The van der Waals surface area contributed by atoms with Gasteiger partial charge in [0.05, 0.1) is 6.10 Å². The van der Waals surface area contributed by atoms with Crippen molar-refractivity contribution in [3.05, 3.63) is 0 Å². The molecule has 78 valence electrons. The molecule has 3 atom stereocenters. The molecule has 0 saturated heterocycles. The molecule has 13 heavy (non-hydrogen) atoms. The Morgan fingerprint density at radius 3 is 2.77 bits per heavy atom. The second-order valence-electron chi connectivity index (χ2n) is 4.20. The minimum atomic E-state index is -0.0713. The van der Waals surface area contributed by atoms with E-state index in [0.29, 0.717) is 5.92 Å². The van der Waals surface area contributed by atoms with Gasteiger partial charge in [0, 0.05) is 13.7 Å². The summed E-state index contributed by atoms with van der Waals surface area (Å²) in [6.07, 6.45) is 5.61. The molecule has 0 aromatic carbocycles. The molecule has 1 aliphatic carbocycles. The van der Waals surface area contributed by atoms with E-state index in [4.69, 9.17) is 4.74 Å². The molecule has 1 fully saturated rings. The highest BCUT2D eigenvalue weighted by Crippen LogP contribution is 2.32. The average molecular weight is 186 g/mol. The Balaban J connectivity index is 2.31. The lowest BCUT2D eigenvalue weighted by atomic mass is 9.77. The molecule has 0 aromatic rings. The quantitative estimate of drug-likeness (QED) is 0.729. The predicted octanol–water partition coefficient (Wildman–Crippen LogP) is 2.21. The molecule has 1 saturated carbocycles. The summed E-state index contributed by atoms with van der Waals surface area (Å²) in [7, 11) is 1.73. The second-order valence-corrected chi connectivity index (χ2v) is 4.20. The lowest BCUT2D eigenvalue weighted by Gasteiger charge is -2.32. The molecule has 0 aliphatic heterocycles. The van der Waals surface area contributed by atoms with Crippen LogP contribution in [0.4, 0.5) is 0 Å². The van der Waals surface area contributed by atoms with Crippen LogP contribution in [-0.4, -0.2) is 24.9 Å². The number of aliphatic hydroxyl groups excluding tert-OH is 1. The third kappa shape index (κ3) is 3.28. The Bertz CT molecular complexity index is 136. The minimum absolute atomic E-state index is 0.0713. The van der Waals surface area contributed by atoms with Crippen LogP contribution >= 0.6 is 0 Å². The van der Waals surface area contributed by atoms with Crippen LogP contribution in [0.5, 0.6) is 0 Å². The summed E-state index contributed by atoms with van der Waals surface area (Å²) >= 11 is 0. The normalized spacial score (nSPS) is 34.8. The monoisotopic (exact) mass is 186 g/mol. The van der Waals surface area contributed by atoms with Crippen LogP contribution < -0.4 is 0 Å². The average Bonchev–Trinajstić information content (AvgIpc) is 2.17. The molecule has 0 radical (unpaired) electrons. The van der Waals surface area contributed by atoms with Gasteiger partial charge in [-0.15, -0.1) is 0 Å². The first-order valence-electron chi connectivity index (χ1n) is 5.45. The third-order valence-electron chi connectivity index (χ3n) is 3.32. The SMILES string of the molecule is CCC1CCC(O)C(CCOC)C1. The Hall–Kier alpha value is -0.0800. The van der Waals surface area contributed by atoms with Gasteiger partial charge < -0.3 is 9.84 Å². The summed E-state index contributed by atoms with van der Waals surface area (Å²) in [6, 6.07) is 0. The van der Waals surface area contributed by atoms with Crippen LogP contribution in [0, 0.1) is 11.8 Å². The molecular formula is C11H22O2.